The minimum Gasteiger partial charge on any atom is -0.410 e. The van der Waals surface area contributed by atoms with Crippen LogP contribution in [0.15, 0.2) is 48.8 Å². The van der Waals surface area contributed by atoms with Crippen molar-refractivity contribution in [2.24, 2.45) is 0 Å². The zero-order chi connectivity index (χ0) is 15.7. The number of rotatable bonds is 3. The molecule has 0 aliphatic rings. The van der Waals surface area contributed by atoms with Crippen LogP contribution in [-0.2, 0) is 0 Å². The molecule has 0 atom stereocenters. The first-order valence-electron chi connectivity index (χ1n) is 6.28. The van der Waals surface area contributed by atoms with Crippen molar-refractivity contribution in [3.8, 4) is 5.75 Å². The van der Waals surface area contributed by atoms with Crippen LogP contribution in [0.5, 0.6) is 5.75 Å². The quantitative estimate of drug-likeness (QED) is 0.687. The van der Waals surface area contributed by atoms with Gasteiger partial charge in [0.15, 0.2) is 0 Å². The van der Waals surface area contributed by atoms with E-state index in [1.165, 1.54) is 36.7 Å². The van der Waals surface area contributed by atoms with Crippen molar-refractivity contribution in [2.45, 2.75) is 13.8 Å². The fourth-order valence-electron chi connectivity index (χ4n) is 1.32. The molecule has 7 heteroatoms. The average Bonchev–Trinajstić information content (AvgIpc) is 2.50. The number of aromatic nitrogens is 1. The van der Waals surface area contributed by atoms with Gasteiger partial charge in [0, 0.05) is 30.2 Å². The number of nitro benzene ring substituents is 1. The number of nitrogens with one attached hydrogen (secondary N) is 1. The van der Waals surface area contributed by atoms with Gasteiger partial charge in [-0.05, 0) is 24.3 Å². The van der Waals surface area contributed by atoms with Gasteiger partial charge in [0.2, 0.25) is 0 Å². The van der Waals surface area contributed by atoms with E-state index in [1.807, 2.05) is 13.8 Å². The van der Waals surface area contributed by atoms with Crippen LogP contribution in [0.4, 0.5) is 16.2 Å². The molecule has 0 bridgehead atoms. The number of carbonyl (C=O) groups excluding carboxylic acids is 1. The molecule has 110 valence electrons. The number of hydrogen-bond donors (Lipinski definition) is 1. The van der Waals surface area contributed by atoms with Crippen LogP contribution in [-0.4, -0.2) is 16.0 Å². The molecule has 0 fully saturated rings. The first-order chi connectivity index (χ1) is 10.1. The van der Waals surface area contributed by atoms with Crippen molar-refractivity contribution in [1.29, 1.82) is 0 Å². The summed E-state index contributed by atoms with van der Waals surface area (Å²) in [6.45, 7) is 4.00. The van der Waals surface area contributed by atoms with Gasteiger partial charge < -0.3 is 4.74 Å². The molecule has 0 aliphatic heterocycles. The van der Waals surface area contributed by atoms with Crippen LogP contribution in [0.1, 0.15) is 13.8 Å². The van der Waals surface area contributed by atoms with Crippen LogP contribution >= 0.6 is 0 Å². The molecule has 0 saturated carbocycles. The van der Waals surface area contributed by atoms with E-state index < -0.39 is 11.0 Å². The van der Waals surface area contributed by atoms with E-state index in [-0.39, 0.29) is 11.4 Å². The van der Waals surface area contributed by atoms with E-state index in [1.54, 1.807) is 12.1 Å². The highest BCUT2D eigenvalue weighted by atomic mass is 16.6. The van der Waals surface area contributed by atoms with Gasteiger partial charge in [0.1, 0.15) is 5.75 Å². The van der Waals surface area contributed by atoms with Crippen molar-refractivity contribution in [3.05, 3.63) is 58.9 Å². The Kier molecular flexibility index (Phi) is 6.33. The summed E-state index contributed by atoms with van der Waals surface area (Å²) in [5, 5.41) is 12.9. The second-order valence-electron chi connectivity index (χ2n) is 3.50. The number of benzene rings is 1. The predicted octanol–water partition coefficient (Wildman–Crippen LogP) is 3.63. The van der Waals surface area contributed by atoms with E-state index in [2.05, 4.69) is 10.3 Å². The monoisotopic (exact) mass is 289 g/mol. The molecule has 0 spiro atoms. The molecule has 1 aromatic heterocycles. The summed E-state index contributed by atoms with van der Waals surface area (Å²) < 4.78 is 4.96. The maximum atomic E-state index is 11.5. The predicted molar refractivity (Wildman–Crippen MR) is 78.3 cm³/mol. The molecule has 0 unspecified atom stereocenters. The van der Waals surface area contributed by atoms with Gasteiger partial charge in [0.25, 0.3) is 5.69 Å². The van der Waals surface area contributed by atoms with E-state index in [0.29, 0.717) is 5.69 Å². The molecule has 2 rings (SSSR count). The van der Waals surface area contributed by atoms with Gasteiger partial charge in [-0.1, -0.05) is 13.8 Å². The Bertz CT molecular complexity index is 585. The lowest BCUT2D eigenvalue weighted by atomic mass is 10.3. The van der Waals surface area contributed by atoms with Crippen LogP contribution < -0.4 is 10.1 Å². The lowest BCUT2D eigenvalue weighted by Crippen LogP contribution is -2.16. The number of hydrogen-bond acceptors (Lipinski definition) is 5. The van der Waals surface area contributed by atoms with Gasteiger partial charge in [-0.15, -0.1) is 0 Å². The number of pyridine rings is 1. The lowest BCUT2D eigenvalue weighted by molar-refractivity contribution is -0.384. The summed E-state index contributed by atoms with van der Waals surface area (Å²) >= 11 is 0. The molecule has 1 amide bonds. The third kappa shape index (κ3) is 5.27. The smallest absolute Gasteiger partial charge is 0.410 e. The SMILES string of the molecule is CC.O=C(Nc1ccncc1)Oc1ccc([N+](=O)[O-])cc1. The summed E-state index contributed by atoms with van der Waals surface area (Å²) in [4.78, 5) is 25.2. The third-order valence-electron chi connectivity index (χ3n) is 2.18. The summed E-state index contributed by atoms with van der Waals surface area (Å²) in [7, 11) is 0. The normalized spacial score (nSPS) is 9.05. The number of non-ortho nitro benzene ring substituents is 1. The molecule has 7 nitrogen and oxygen atoms in total. The molecule has 1 N–H and O–H groups in total. The Hall–Kier alpha value is -2.96. The molecular formula is C14H15N3O4. The van der Waals surface area contributed by atoms with Crippen molar-refractivity contribution in [3.63, 3.8) is 0 Å². The fourth-order valence-corrected chi connectivity index (χ4v) is 1.32. The van der Waals surface area contributed by atoms with Gasteiger partial charge in [-0.3, -0.25) is 20.4 Å². The van der Waals surface area contributed by atoms with Gasteiger partial charge in [0.05, 0.1) is 4.92 Å². The van der Waals surface area contributed by atoms with Crippen LogP contribution in [0, 0.1) is 10.1 Å². The van der Waals surface area contributed by atoms with Gasteiger partial charge in [-0.25, -0.2) is 4.79 Å². The molecule has 1 heterocycles. The van der Waals surface area contributed by atoms with Crippen molar-refractivity contribution in [2.75, 3.05) is 5.32 Å². The molecule has 21 heavy (non-hydrogen) atoms. The summed E-state index contributed by atoms with van der Waals surface area (Å²) in [6, 6.07) is 8.44. The van der Waals surface area contributed by atoms with E-state index >= 15 is 0 Å². The molecular weight excluding hydrogens is 274 g/mol. The number of nitro groups is 1. The second-order valence-corrected chi connectivity index (χ2v) is 3.50. The molecule has 1 aromatic carbocycles. The highest BCUT2D eigenvalue weighted by Gasteiger charge is 2.08. The second kappa shape index (κ2) is 8.26. The van der Waals surface area contributed by atoms with Gasteiger partial charge in [-0.2, -0.15) is 0 Å². The Morgan fingerprint density at radius 3 is 2.24 bits per heavy atom. The summed E-state index contributed by atoms with van der Waals surface area (Å²) in [5.74, 6) is 0.220. The number of amides is 1. The Labute approximate surface area is 121 Å². The van der Waals surface area contributed by atoms with Crippen LogP contribution in [0.2, 0.25) is 0 Å². The molecule has 0 saturated heterocycles. The topological polar surface area (TPSA) is 94.4 Å². The maximum absolute atomic E-state index is 11.5. The molecule has 0 aliphatic carbocycles. The highest BCUT2D eigenvalue weighted by Crippen LogP contribution is 2.17. The molecule has 2 aromatic rings. The van der Waals surface area contributed by atoms with E-state index in [0.717, 1.165) is 0 Å². The Morgan fingerprint density at radius 2 is 1.71 bits per heavy atom. The zero-order valence-corrected chi connectivity index (χ0v) is 11.6. The highest BCUT2D eigenvalue weighted by molar-refractivity contribution is 5.86. The van der Waals surface area contributed by atoms with Crippen molar-refractivity contribution in [1.82, 2.24) is 4.98 Å². The average molecular weight is 289 g/mol. The van der Waals surface area contributed by atoms with Crippen LogP contribution in [0.3, 0.4) is 0 Å². The third-order valence-corrected chi connectivity index (χ3v) is 2.18. The van der Waals surface area contributed by atoms with E-state index in [4.69, 9.17) is 4.74 Å². The summed E-state index contributed by atoms with van der Waals surface area (Å²) in [5.41, 5.74) is 0.476. The standard InChI is InChI=1S/C12H9N3O4.C2H6/c16-12(14-9-5-7-13-8-6-9)19-11-3-1-10(2-4-11)15(17)18;1-2/h1-8H,(H,13,14,16);1-2H3. The number of anilines is 1. The van der Waals surface area contributed by atoms with Crippen molar-refractivity contribution < 1.29 is 14.5 Å². The fraction of sp³-hybridized carbons (Fsp3) is 0.143. The number of nitrogens with zero attached hydrogens (tertiary/aromatic N) is 2. The molecule has 0 radical (unpaired) electrons. The first-order valence-corrected chi connectivity index (χ1v) is 6.28. The summed E-state index contributed by atoms with van der Waals surface area (Å²) in [6.07, 6.45) is 2.38. The minimum atomic E-state index is -0.681. The minimum absolute atomic E-state index is 0.0677. The Morgan fingerprint density at radius 1 is 1.14 bits per heavy atom. The van der Waals surface area contributed by atoms with Gasteiger partial charge >= 0.3 is 6.09 Å². The van der Waals surface area contributed by atoms with E-state index in [9.17, 15) is 14.9 Å². The number of ether oxygens (including phenoxy) is 1. The largest absolute Gasteiger partial charge is 0.417 e. The lowest BCUT2D eigenvalue weighted by Gasteiger charge is -2.05. The zero-order valence-electron chi connectivity index (χ0n) is 11.6. The van der Waals surface area contributed by atoms with Crippen molar-refractivity contribution >= 4 is 17.5 Å². The maximum Gasteiger partial charge on any atom is 0.417 e. The van der Waals surface area contributed by atoms with Crippen LogP contribution in [0.25, 0.3) is 0 Å². The Balaban J connectivity index is 0.00000106. The first kappa shape index (κ1) is 16.1. The number of carbonyl (C=O) groups is 1.